The number of carbonyl (C=O) groups excluding carboxylic acids is 1. The minimum absolute atomic E-state index is 0.206. The van der Waals surface area contributed by atoms with Crippen molar-refractivity contribution >= 4 is 17.7 Å². The minimum atomic E-state index is -1.24. The number of aromatic nitrogens is 2. The first-order valence-electron chi connectivity index (χ1n) is 7.30. The SMILES string of the molecule is CC(NC(=O)C1(O)CCSC1)c1ccccc1-n1cccn1. The first-order chi connectivity index (χ1) is 10.6. The van der Waals surface area contributed by atoms with Gasteiger partial charge in [0.2, 0.25) is 0 Å². The van der Waals surface area contributed by atoms with Crippen LogP contribution in [0.25, 0.3) is 5.69 Å². The van der Waals surface area contributed by atoms with Gasteiger partial charge in [0.25, 0.3) is 5.91 Å². The summed E-state index contributed by atoms with van der Waals surface area (Å²) < 4.78 is 1.78. The van der Waals surface area contributed by atoms with Gasteiger partial charge >= 0.3 is 0 Å². The van der Waals surface area contributed by atoms with Crippen LogP contribution in [0.3, 0.4) is 0 Å². The van der Waals surface area contributed by atoms with Crippen LogP contribution < -0.4 is 5.32 Å². The van der Waals surface area contributed by atoms with E-state index in [0.29, 0.717) is 12.2 Å². The van der Waals surface area contributed by atoms with Crippen LogP contribution in [0.5, 0.6) is 0 Å². The molecule has 0 radical (unpaired) electrons. The van der Waals surface area contributed by atoms with Crippen molar-refractivity contribution in [3.63, 3.8) is 0 Å². The average molecular weight is 317 g/mol. The number of carbonyl (C=O) groups is 1. The molecule has 22 heavy (non-hydrogen) atoms. The summed E-state index contributed by atoms with van der Waals surface area (Å²) in [6, 6.07) is 9.46. The van der Waals surface area contributed by atoms with Gasteiger partial charge in [0, 0.05) is 18.1 Å². The summed E-state index contributed by atoms with van der Waals surface area (Å²) in [7, 11) is 0. The third-order valence-corrected chi connectivity index (χ3v) is 5.10. The van der Waals surface area contributed by atoms with Crippen molar-refractivity contribution in [2.24, 2.45) is 0 Å². The topological polar surface area (TPSA) is 67.2 Å². The first-order valence-corrected chi connectivity index (χ1v) is 8.46. The molecule has 116 valence electrons. The monoisotopic (exact) mass is 317 g/mol. The summed E-state index contributed by atoms with van der Waals surface area (Å²) in [5.41, 5.74) is 0.654. The zero-order chi connectivity index (χ0) is 15.6. The Balaban J connectivity index is 1.81. The fourth-order valence-corrected chi connectivity index (χ4v) is 3.86. The van der Waals surface area contributed by atoms with Crippen molar-refractivity contribution in [2.75, 3.05) is 11.5 Å². The molecule has 1 fully saturated rings. The summed E-state index contributed by atoms with van der Waals surface area (Å²) >= 11 is 1.61. The van der Waals surface area contributed by atoms with Gasteiger partial charge in [-0.25, -0.2) is 4.68 Å². The van der Waals surface area contributed by atoms with Gasteiger partial charge in [-0.1, -0.05) is 18.2 Å². The van der Waals surface area contributed by atoms with Gasteiger partial charge in [-0.15, -0.1) is 0 Å². The molecule has 5 nitrogen and oxygen atoms in total. The molecule has 1 aliphatic heterocycles. The third kappa shape index (κ3) is 2.89. The van der Waals surface area contributed by atoms with Gasteiger partial charge in [0.05, 0.1) is 11.7 Å². The van der Waals surface area contributed by atoms with Crippen LogP contribution in [0.15, 0.2) is 42.7 Å². The van der Waals surface area contributed by atoms with E-state index in [-0.39, 0.29) is 11.9 Å². The lowest BCUT2D eigenvalue weighted by molar-refractivity contribution is -0.137. The zero-order valence-corrected chi connectivity index (χ0v) is 13.2. The molecule has 1 aromatic heterocycles. The summed E-state index contributed by atoms with van der Waals surface area (Å²) in [4.78, 5) is 12.4. The standard InChI is InChI=1S/C16H19N3O2S/c1-12(18-15(20)16(21)7-10-22-11-16)13-5-2-3-6-14(13)19-9-4-8-17-19/h2-6,8-9,12,21H,7,10-11H2,1H3,(H,18,20). The molecule has 1 aliphatic rings. The number of nitrogens with zero attached hydrogens (tertiary/aromatic N) is 2. The summed E-state index contributed by atoms with van der Waals surface area (Å²) in [5, 5.41) is 17.5. The molecule has 2 unspecified atom stereocenters. The fraction of sp³-hybridized carbons (Fsp3) is 0.375. The molecule has 2 N–H and O–H groups in total. The maximum absolute atomic E-state index is 12.4. The molecule has 0 spiro atoms. The van der Waals surface area contributed by atoms with Crippen LogP contribution >= 0.6 is 11.8 Å². The molecule has 0 saturated carbocycles. The predicted molar refractivity (Wildman–Crippen MR) is 87.0 cm³/mol. The number of para-hydroxylation sites is 1. The maximum Gasteiger partial charge on any atom is 0.253 e. The van der Waals surface area contributed by atoms with Crippen molar-refractivity contribution in [1.29, 1.82) is 0 Å². The second-order valence-corrected chi connectivity index (χ2v) is 6.64. The number of thioether (sulfide) groups is 1. The van der Waals surface area contributed by atoms with Crippen LogP contribution in [-0.2, 0) is 4.79 Å². The van der Waals surface area contributed by atoms with Crippen LogP contribution in [-0.4, -0.2) is 37.9 Å². The summed E-state index contributed by atoms with van der Waals surface area (Å²) in [6.07, 6.45) is 4.10. The van der Waals surface area contributed by atoms with Crippen LogP contribution in [0.2, 0.25) is 0 Å². The van der Waals surface area contributed by atoms with Crippen LogP contribution in [0, 0.1) is 0 Å². The van der Waals surface area contributed by atoms with Gasteiger partial charge in [0.15, 0.2) is 5.60 Å². The van der Waals surface area contributed by atoms with Crippen molar-refractivity contribution in [1.82, 2.24) is 15.1 Å². The van der Waals surface area contributed by atoms with E-state index in [4.69, 9.17) is 0 Å². The van der Waals surface area contributed by atoms with E-state index in [9.17, 15) is 9.90 Å². The van der Waals surface area contributed by atoms with Crippen LogP contribution in [0.1, 0.15) is 24.9 Å². The molecular formula is C16H19N3O2S. The summed E-state index contributed by atoms with van der Waals surface area (Å²) in [6.45, 7) is 1.92. The van der Waals surface area contributed by atoms with Gasteiger partial charge in [-0.2, -0.15) is 16.9 Å². The van der Waals surface area contributed by atoms with E-state index in [1.807, 2.05) is 43.5 Å². The highest BCUT2D eigenvalue weighted by molar-refractivity contribution is 7.99. The van der Waals surface area contributed by atoms with Crippen molar-refractivity contribution in [3.8, 4) is 5.69 Å². The lowest BCUT2D eigenvalue weighted by Crippen LogP contribution is -2.47. The zero-order valence-electron chi connectivity index (χ0n) is 12.4. The number of nitrogens with one attached hydrogen (secondary N) is 1. The number of aliphatic hydroxyl groups is 1. The maximum atomic E-state index is 12.4. The Bertz CT molecular complexity index is 651. The Morgan fingerprint density at radius 3 is 2.95 bits per heavy atom. The molecule has 2 heterocycles. The van der Waals surface area contributed by atoms with E-state index >= 15 is 0 Å². The number of benzene rings is 1. The highest BCUT2D eigenvalue weighted by atomic mass is 32.2. The highest BCUT2D eigenvalue weighted by Gasteiger charge is 2.40. The molecule has 0 bridgehead atoms. The fourth-order valence-electron chi connectivity index (χ4n) is 2.62. The molecule has 1 aromatic carbocycles. The Morgan fingerprint density at radius 1 is 1.45 bits per heavy atom. The molecule has 3 rings (SSSR count). The van der Waals surface area contributed by atoms with Crippen molar-refractivity contribution in [2.45, 2.75) is 25.0 Å². The van der Waals surface area contributed by atoms with Crippen molar-refractivity contribution in [3.05, 3.63) is 48.3 Å². The predicted octanol–water partition coefficient (Wildman–Crippen LogP) is 1.92. The van der Waals surface area contributed by atoms with E-state index in [1.165, 1.54) is 0 Å². The quantitative estimate of drug-likeness (QED) is 0.904. The Morgan fingerprint density at radius 2 is 2.27 bits per heavy atom. The molecule has 1 amide bonds. The Labute approximate surface area is 133 Å². The molecular weight excluding hydrogens is 298 g/mol. The molecule has 6 heteroatoms. The van der Waals surface area contributed by atoms with E-state index < -0.39 is 5.60 Å². The van der Waals surface area contributed by atoms with E-state index in [1.54, 1.807) is 22.6 Å². The third-order valence-electron chi connectivity index (χ3n) is 3.93. The Kier molecular flexibility index (Phi) is 4.22. The number of hydrogen-bond acceptors (Lipinski definition) is 4. The Hall–Kier alpha value is -1.79. The minimum Gasteiger partial charge on any atom is -0.379 e. The van der Waals surface area contributed by atoms with Crippen molar-refractivity contribution < 1.29 is 9.90 Å². The summed E-state index contributed by atoms with van der Waals surface area (Å²) in [5.74, 6) is 0.995. The van der Waals surface area contributed by atoms with E-state index in [0.717, 1.165) is 17.0 Å². The lowest BCUT2D eigenvalue weighted by Gasteiger charge is -2.24. The second kappa shape index (κ2) is 6.14. The molecule has 1 saturated heterocycles. The van der Waals surface area contributed by atoms with Gasteiger partial charge in [-0.05, 0) is 36.8 Å². The molecule has 2 atom stereocenters. The second-order valence-electron chi connectivity index (χ2n) is 5.54. The highest BCUT2D eigenvalue weighted by Crippen LogP contribution is 2.29. The van der Waals surface area contributed by atoms with E-state index in [2.05, 4.69) is 10.4 Å². The van der Waals surface area contributed by atoms with Crippen LogP contribution in [0.4, 0.5) is 0 Å². The number of hydrogen-bond donors (Lipinski definition) is 2. The molecule has 0 aliphatic carbocycles. The smallest absolute Gasteiger partial charge is 0.253 e. The largest absolute Gasteiger partial charge is 0.379 e. The molecule has 2 aromatic rings. The normalized spacial score (nSPS) is 22.5. The van der Waals surface area contributed by atoms with Gasteiger partial charge in [0.1, 0.15) is 0 Å². The first kappa shape index (κ1) is 15.1. The van der Waals surface area contributed by atoms with Gasteiger partial charge in [-0.3, -0.25) is 4.79 Å². The number of amides is 1. The number of rotatable bonds is 4. The average Bonchev–Trinajstić information content (AvgIpc) is 3.19. The van der Waals surface area contributed by atoms with Gasteiger partial charge < -0.3 is 10.4 Å². The lowest BCUT2D eigenvalue weighted by atomic mass is 10.0.